The second-order valence-electron chi connectivity index (χ2n) is 4.45. The highest BCUT2D eigenvalue weighted by Crippen LogP contribution is 2.33. The minimum Gasteiger partial charge on any atom is -0.378 e. The molecule has 2 aromatic rings. The zero-order valence-corrected chi connectivity index (χ0v) is 11.3. The van der Waals surface area contributed by atoms with Crippen LogP contribution < -0.4 is 5.32 Å². The molecule has 0 aliphatic heterocycles. The molecule has 0 bridgehead atoms. The minimum atomic E-state index is -4.72. The monoisotopic (exact) mass is 302 g/mol. The lowest BCUT2D eigenvalue weighted by Gasteiger charge is -2.12. The van der Waals surface area contributed by atoms with E-state index in [-0.39, 0.29) is 12.2 Å². The molecular formula is C13H14F4N4. The van der Waals surface area contributed by atoms with Crippen LogP contribution in [0.15, 0.2) is 24.5 Å². The molecule has 0 saturated carbocycles. The zero-order valence-electron chi connectivity index (χ0n) is 11.3. The standard InChI is InChI=1S/C13H14F4N4/c1-2-5-21-12(19-8-20-21)7-18-9-3-4-11(14)10(6-9)13(15,16)17/h3-4,6,8,18H,2,5,7H2,1H3. The molecule has 0 unspecified atom stereocenters. The molecule has 1 heterocycles. The molecule has 0 spiro atoms. The molecule has 0 aliphatic carbocycles. The summed E-state index contributed by atoms with van der Waals surface area (Å²) >= 11 is 0. The van der Waals surface area contributed by atoms with Crippen molar-refractivity contribution in [3.8, 4) is 0 Å². The van der Waals surface area contributed by atoms with Gasteiger partial charge in [-0.2, -0.15) is 18.3 Å². The average Bonchev–Trinajstić information content (AvgIpc) is 2.84. The summed E-state index contributed by atoms with van der Waals surface area (Å²) < 4.78 is 52.7. The van der Waals surface area contributed by atoms with E-state index in [1.54, 1.807) is 4.68 Å². The number of aromatic nitrogens is 3. The second kappa shape index (κ2) is 6.11. The van der Waals surface area contributed by atoms with Gasteiger partial charge in [-0.1, -0.05) is 6.92 Å². The molecule has 0 aliphatic rings. The summed E-state index contributed by atoms with van der Waals surface area (Å²) in [5.74, 6) is -0.683. The van der Waals surface area contributed by atoms with E-state index < -0.39 is 17.6 Å². The quantitative estimate of drug-likeness (QED) is 0.860. The van der Waals surface area contributed by atoms with E-state index in [0.29, 0.717) is 12.4 Å². The Hall–Kier alpha value is -2.12. The van der Waals surface area contributed by atoms with Crippen molar-refractivity contribution in [1.82, 2.24) is 14.8 Å². The lowest BCUT2D eigenvalue weighted by atomic mass is 10.2. The maximum atomic E-state index is 13.2. The summed E-state index contributed by atoms with van der Waals surface area (Å²) in [4.78, 5) is 4.03. The Morgan fingerprint density at radius 1 is 1.29 bits per heavy atom. The van der Waals surface area contributed by atoms with Crippen molar-refractivity contribution in [2.75, 3.05) is 5.32 Å². The van der Waals surface area contributed by atoms with Crippen LogP contribution in [0, 0.1) is 5.82 Å². The third-order valence-corrected chi connectivity index (χ3v) is 2.85. The van der Waals surface area contributed by atoms with Crippen molar-refractivity contribution >= 4 is 5.69 Å². The van der Waals surface area contributed by atoms with Gasteiger partial charge in [0.15, 0.2) is 0 Å². The van der Waals surface area contributed by atoms with E-state index >= 15 is 0 Å². The number of rotatable bonds is 5. The zero-order chi connectivity index (χ0) is 15.5. The molecule has 114 valence electrons. The number of benzene rings is 1. The van der Waals surface area contributed by atoms with Gasteiger partial charge in [-0.3, -0.25) is 0 Å². The molecule has 0 atom stereocenters. The maximum Gasteiger partial charge on any atom is 0.419 e. The highest BCUT2D eigenvalue weighted by Gasteiger charge is 2.34. The van der Waals surface area contributed by atoms with Gasteiger partial charge in [0.1, 0.15) is 18.0 Å². The Morgan fingerprint density at radius 2 is 2.05 bits per heavy atom. The number of nitrogens with one attached hydrogen (secondary N) is 1. The third kappa shape index (κ3) is 3.71. The molecule has 4 nitrogen and oxygen atoms in total. The fraction of sp³-hybridized carbons (Fsp3) is 0.385. The first-order chi connectivity index (χ1) is 9.91. The maximum absolute atomic E-state index is 13.2. The lowest BCUT2D eigenvalue weighted by Crippen LogP contribution is -2.12. The number of aryl methyl sites for hydroxylation is 1. The summed E-state index contributed by atoms with van der Waals surface area (Å²) in [5.41, 5.74) is -1.11. The summed E-state index contributed by atoms with van der Waals surface area (Å²) in [6, 6.07) is 2.79. The van der Waals surface area contributed by atoms with Crippen LogP contribution >= 0.6 is 0 Å². The highest BCUT2D eigenvalue weighted by atomic mass is 19.4. The highest BCUT2D eigenvalue weighted by molar-refractivity contribution is 5.47. The van der Waals surface area contributed by atoms with Crippen LogP contribution in [0.25, 0.3) is 0 Å². The molecular weight excluding hydrogens is 288 g/mol. The number of hydrogen-bond acceptors (Lipinski definition) is 3. The molecule has 1 N–H and O–H groups in total. The number of anilines is 1. The predicted molar refractivity (Wildman–Crippen MR) is 69.0 cm³/mol. The second-order valence-corrected chi connectivity index (χ2v) is 4.45. The first kappa shape index (κ1) is 15.3. The summed E-state index contributed by atoms with van der Waals surface area (Å²) in [7, 11) is 0. The van der Waals surface area contributed by atoms with Gasteiger partial charge in [0, 0.05) is 12.2 Å². The first-order valence-corrected chi connectivity index (χ1v) is 6.39. The molecule has 21 heavy (non-hydrogen) atoms. The van der Waals surface area contributed by atoms with Crippen molar-refractivity contribution < 1.29 is 17.6 Å². The Kier molecular flexibility index (Phi) is 4.44. The largest absolute Gasteiger partial charge is 0.419 e. The van der Waals surface area contributed by atoms with Crippen molar-refractivity contribution in [2.45, 2.75) is 32.6 Å². The molecule has 1 aromatic carbocycles. The molecule has 2 rings (SSSR count). The van der Waals surface area contributed by atoms with E-state index in [1.807, 2.05) is 6.92 Å². The van der Waals surface area contributed by atoms with Gasteiger partial charge in [0.25, 0.3) is 0 Å². The van der Waals surface area contributed by atoms with Gasteiger partial charge in [-0.25, -0.2) is 14.1 Å². The number of alkyl halides is 3. The van der Waals surface area contributed by atoms with Gasteiger partial charge < -0.3 is 5.32 Å². The van der Waals surface area contributed by atoms with Crippen LogP contribution in [0.1, 0.15) is 24.7 Å². The number of halogens is 4. The van der Waals surface area contributed by atoms with Crippen molar-refractivity contribution in [3.63, 3.8) is 0 Å². The number of nitrogens with zero attached hydrogens (tertiary/aromatic N) is 3. The Morgan fingerprint density at radius 3 is 2.71 bits per heavy atom. The van der Waals surface area contributed by atoms with Crippen LogP contribution in [0.3, 0.4) is 0 Å². The van der Waals surface area contributed by atoms with Crippen molar-refractivity contribution in [3.05, 3.63) is 41.7 Å². The normalized spacial score (nSPS) is 11.7. The minimum absolute atomic E-state index is 0.176. The first-order valence-electron chi connectivity index (χ1n) is 6.39. The Labute approximate surface area is 118 Å². The van der Waals surface area contributed by atoms with Gasteiger partial charge >= 0.3 is 6.18 Å². The van der Waals surface area contributed by atoms with Crippen LogP contribution in [0.2, 0.25) is 0 Å². The molecule has 0 amide bonds. The van der Waals surface area contributed by atoms with Gasteiger partial charge in [0.05, 0.1) is 12.1 Å². The lowest BCUT2D eigenvalue weighted by molar-refractivity contribution is -0.139. The average molecular weight is 302 g/mol. The van der Waals surface area contributed by atoms with Gasteiger partial charge in [0.2, 0.25) is 0 Å². The molecule has 0 saturated heterocycles. The topological polar surface area (TPSA) is 42.7 Å². The van der Waals surface area contributed by atoms with Gasteiger partial charge in [-0.15, -0.1) is 0 Å². The van der Waals surface area contributed by atoms with E-state index in [1.165, 1.54) is 12.4 Å². The third-order valence-electron chi connectivity index (χ3n) is 2.85. The summed E-state index contributed by atoms with van der Waals surface area (Å²) in [5, 5.41) is 6.81. The summed E-state index contributed by atoms with van der Waals surface area (Å²) in [6.07, 6.45) is -2.46. The van der Waals surface area contributed by atoms with Crippen molar-refractivity contribution in [2.24, 2.45) is 0 Å². The van der Waals surface area contributed by atoms with Crippen LogP contribution in [-0.2, 0) is 19.3 Å². The summed E-state index contributed by atoms with van der Waals surface area (Å²) in [6.45, 7) is 2.87. The number of hydrogen-bond donors (Lipinski definition) is 1. The molecule has 1 aromatic heterocycles. The van der Waals surface area contributed by atoms with Crippen molar-refractivity contribution in [1.29, 1.82) is 0 Å². The molecule has 8 heteroatoms. The Bertz CT molecular complexity index is 606. The van der Waals surface area contributed by atoms with E-state index in [4.69, 9.17) is 0 Å². The van der Waals surface area contributed by atoms with Crippen LogP contribution in [-0.4, -0.2) is 14.8 Å². The van der Waals surface area contributed by atoms with E-state index in [9.17, 15) is 17.6 Å². The smallest absolute Gasteiger partial charge is 0.378 e. The van der Waals surface area contributed by atoms with E-state index in [0.717, 1.165) is 18.6 Å². The Balaban J connectivity index is 2.12. The van der Waals surface area contributed by atoms with E-state index in [2.05, 4.69) is 15.4 Å². The molecule has 0 fully saturated rings. The molecule has 0 radical (unpaired) electrons. The fourth-order valence-corrected chi connectivity index (χ4v) is 1.86. The fourth-order valence-electron chi connectivity index (χ4n) is 1.86. The van der Waals surface area contributed by atoms with Gasteiger partial charge in [-0.05, 0) is 24.6 Å². The van der Waals surface area contributed by atoms with Crippen LogP contribution in [0.5, 0.6) is 0 Å². The predicted octanol–water partition coefficient (Wildman–Crippen LogP) is 3.46. The SMILES string of the molecule is CCCn1ncnc1CNc1ccc(F)c(C(F)(F)F)c1. The van der Waals surface area contributed by atoms with Crippen LogP contribution in [0.4, 0.5) is 23.2 Å².